The molecular weight excluding hydrogens is 244 g/mol. The molecule has 0 aromatic heterocycles. The lowest BCUT2D eigenvalue weighted by Gasteiger charge is -2.30. The van der Waals surface area contributed by atoms with Crippen molar-refractivity contribution >= 4 is 13.3 Å². The monoisotopic (exact) mass is 270 g/mol. The highest BCUT2D eigenvalue weighted by atomic mass is 28.3. The number of hydrogen-bond donors (Lipinski definition) is 0. The zero-order valence-electron chi connectivity index (χ0n) is 13.4. The second-order valence-electron chi connectivity index (χ2n) is 6.68. The second-order valence-corrected chi connectivity index (χ2v) is 11.0. The van der Waals surface area contributed by atoms with Gasteiger partial charge in [0.2, 0.25) is 0 Å². The average molecular weight is 270 g/mol. The number of aryl methyl sites for hydroxylation is 2. The number of benzene rings is 1. The fraction of sp³-hybridized carbons (Fsp3) is 0.444. The molecule has 1 aromatic carbocycles. The molecule has 0 bridgehead atoms. The Morgan fingerprint density at radius 2 is 1.42 bits per heavy atom. The molecule has 0 spiro atoms. The fourth-order valence-corrected chi connectivity index (χ4v) is 7.51. The largest absolute Gasteiger partial charge is 0.108 e. The molecule has 0 aliphatic heterocycles. The summed E-state index contributed by atoms with van der Waals surface area (Å²) in [6.45, 7) is 16.3. The predicted octanol–water partition coefficient (Wildman–Crippen LogP) is 4.67. The summed E-state index contributed by atoms with van der Waals surface area (Å²) in [5, 5.41) is 3.30. The van der Waals surface area contributed by atoms with Gasteiger partial charge in [0.05, 0.1) is 0 Å². The zero-order valence-corrected chi connectivity index (χ0v) is 14.4. The van der Waals surface area contributed by atoms with Crippen LogP contribution < -0.4 is 5.19 Å². The lowest BCUT2D eigenvalue weighted by atomic mass is 10.2. The third-order valence-corrected chi connectivity index (χ3v) is 8.48. The number of rotatable bonds is 2. The Balaban J connectivity index is 2.55. The summed E-state index contributed by atoms with van der Waals surface area (Å²) in [5.74, 6) is 0.613. The van der Waals surface area contributed by atoms with Crippen molar-refractivity contribution in [2.75, 3.05) is 0 Å². The summed E-state index contributed by atoms with van der Waals surface area (Å²) in [7, 11) is -1.55. The molecule has 1 aliphatic rings. The molecular formula is C18H26Si. The van der Waals surface area contributed by atoms with Gasteiger partial charge in [-0.25, -0.2) is 0 Å². The van der Waals surface area contributed by atoms with Crippen LogP contribution in [0.15, 0.2) is 40.6 Å². The molecule has 1 heteroatoms. The Labute approximate surface area is 119 Å². The highest BCUT2D eigenvalue weighted by molar-refractivity contribution is 6.96. The van der Waals surface area contributed by atoms with E-state index >= 15 is 0 Å². The summed E-state index contributed by atoms with van der Waals surface area (Å²) in [5.41, 5.74) is 5.81. The molecule has 0 nitrogen and oxygen atoms in total. The van der Waals surface area contributed by atoms with Gasteiger partial charge in [0.25, 0.3) is 0 Å². The summed E-state index contributed by atoms with van der Waals surface area (Å²) >= 11 is 0. The van der Waals surface area contributed by atoms with Crippen LogP contribution in [0.1, 0.15) is 31.9 Å². The topological polar surface area (TPSA) is 0 Å². The molecule has 0 fully saturated rings. The molecule has 0 saturated carbocycles. The Kier molecular flexibility index (Phi) is 3.61. The SMILES string of the molecule is CC1=CC(C)C([Si](C)(C)c2cc(C)cc(C)c2)=C1C. The quantitative estimate of drug-likeness (QED) is 0.685. The van der Waals surface area contributed by atoms with Crippen molar-refractivity contribution in [3.05, 3.63) is 51.7 Å². The minimum Gasteiger partial charge on any atom is -0.0748 e. The molecule has 0 radical (unpaired) electrons. The lowest BCUT2D eigenvalue weighted by Crippen LogP contribution is -2.45. The van der Waals surface area contributed by atoms with E-state index < -0.39 is 8.07 Å². The van der Waals surface area contributed by atoms with E-state index in [1.54, 1.807) is 16.0 Å². The van der Waals surface area contributed by atoms with Gasteiger partial charge in [0.1, 0.15) is 8.07 Å². The molecule has 0 N–H and O–H groups in total. The van der Waals surface area contributed by atoms with Gasteiger partial charge in [0.15, 0.2) is 0 Å². The van der Waals surface area contributed by atoms with E-state index in [1.807, 2.05) is 0 Å². The van der Waals surface area contributed by atoms with Crippen molar-refractivity contribution in [2.24, 2.45) is 5.92 Å². The summed E-state index contributed by atoms with van der Waals surface area (Å²) < 4.78 is 0. The van der Waals surface area contributed by atoms with E-state index in [1.165, 1.54) is 16.7 Å². The second kappa shape index (κ2) is 4.79. The van der Waals surface area contributed by atoms with Crippen molar-refractivity contribution in [1.29, 1.82) is 0 Å². The smallest absolute Gasteiger partial charge is 0.0748 e. The summed E-state index contributed by atoms with van der Waals surface area (Å²) in [4.78, 5) is 0. The van der Waals surface area contributed by atoms with E-state index in [-0.39, 0.29) is 0 Å². The third-order valence-electron chi connectivity index (χ3n) is 4.57. The van der Waals surface area contributed by atoms with Gasteiger partial charge >= 0.3 is 0 Å². The zero-order chi connectivity index (χ0) is 14.4. The Hall–Kier alpha value is -1.08. The first-order valence-electron chi connectivity index (χ1n) is 7.22. The van der Waals surface area contributed by atoms with Gasteiger partial charge in [-0.15, -0.1) is 0 Å². The standard InChI is InChI=1S/C18H26Si/c1-12-8-13(2)10-17(9-12)19(6,7)18-15(4)11-14(3)16(18)5/h8-11,15H,1-7H3. The molecule has 1 unspecified atom stereocenters. The van der Waals surface area contributed by atoms with Crippen molar-refractivity contribution in [3.8, 4) is 0 Å². The minimum absolute atomic E-state index is 0.613. The predicted molar refractivity (Wildman–Crippen MR) is 88.7 cm³/mol. The molecule has 1 aromatic rings. The van der Waals surface area contributed by atoms with Crippen LogP contribution in [0.2, 0.25) is 13.1 Å². The fourth-order valence-electron chi connectivity index (χ4n) is 3.67. The van der Waals surface area contributed by atoms with Crippen LogP contribution in [0.5, 0.6) is 0 Å². The first kappa shape index (κ1) is 14.3. The maximum absolute atomic E-state index is 2.50. The van der Waals surface area contributed by atoms with E-state index in [2.05, 4.69) is 72.0 Å². The molecule has 1 atom stereocenters. The Bertz CT molecular complexity index is 553. The third kappa shape index (κ3) is 2.49. The molecule has 0 amide bonds. The normalized spacial score (nSPS) is 19.9. The molecule has 19 heavy (non-hydrogen) atoms. The summed E-state index contributed by atoms with van der Waals surface area (Å²) in [6.07, 6.45) is 2.43. The maximum atomic E-state index is 2.50. The first-order valence-corrected chi connectivity index (χ1v) is 10.2. The van der Waals surface area contributed by atoms with Gasteiger partial charge in [-0.3, -0.25) is 0 Å². The molecule has 1 aliphatic carbocycles. The van der Waals surface area contributed by atoms with Crippen LogP contribution in [0.4, 0.5) is 0 Å². The lowest BCUT2D eigenvalue weighted by molar-refractivity contribution is 0.919. The molecule has 0 heterocycles. The van der Waals surface area contributed by atoms with Crippen molar-refractivity contribution in [1.82, 2.24) is 0 Å². The Morgan fingerprint density at radius 3 is 1.84 bits per heavy atom. The van der Waals surface area contributed by atoms with Crippen LogP contribution in [-0.2, 0) is 0 Å². The van der Waals surface area contributed by atoms with Gasteiger partial charge in [-0.1, -0.05) is 76.9 Å². The van der Waals surface area contributed by atoms with Crippen LogP contribution in [0, 0.1) is 19.8 Å². The van der Waals surface area contributed by atoms with Crippen molar-refractivity contribution < 1.29 is 0 Å². The van der Waals surface area contributed by atoms with Gasteiger partial charge in [-0.2, -0.15) is 0 Å². The average Bonchev–Trinajstić information content (AvgIpc) is 2.51. The van der Waals surface area contributed by atoms with Gasteiger partial charge < -0.3 is 0 Å². The van der Waals surface area contributed by atoms with Crippen molar-refractivity contribution in [3.63, 3.8) is 0 Å². The Morgan fingerprint density at radius 1 is 0.895 bits per heavy atom. The highest BCUT2D eigenvalue weighted by Crippen LogP contribution is 2.36. The van der Waals surface area contributed by atoms with E-state index in [0.717, 1.165) is 0 Å². The number of allylic oxidation sites excluding steroid dienone is 4. The molecule has 102 valence electrons. The van der Waals surface area contributed by atoms with Gasteiger partial charge in [0, 0.05) is 0 Å². The van der Waals surface area contributed by atoms with E-state index in [0.29, 0.717) is 5.92 Å². The van der Waals surface area contributed by atoms with Gasteiger partial charge in [-0.05, 0) is 33.6 Å². The molecule has 2 rings (SSSR count). The summed E-state index contributed by atoms with van der Waals surface area (Å²) in [6, 6.07) is 7.08. The van der Waals surface area contributed by atoms with E-state index in [4.69, 9.17) is 0 Å². The van der Waals surface area contributed by atoms with E-state index in [9.17, 15) is 0 Å². The maximum Gasteiger partial charge on any atom is 0.108 e. The van der Waals surface area contributed by atoms with Crippen LogP contribution in [0.25, 0.3) is 0 Å². The van der Waals surface area contributed by atoms with Crippen molar-refractivity contribution in [2.45, 2.75) is 47.7 Å². The first-order chi connectivity index (χ1) is 8.73. The molecule has 0 saturated heterocycles. The van der Waals surface area contributed by atoms with Crippen LogP contribution >= 0.6 is 0 Å². The van der Waals surface area contributed by atoms with Crippen LogP contribution in [0.3, 0.4) is 0 Å². The highest BCUT2D eigenvalue weighted by Gasteiger charge is 2.35. The minimum atomic E-state index is -1.55. The van der Waals surface area contributed by atoms with Crippen LogP contribution in [-0.4, -0.2) is 8.07 Å². The number of hydrogen-bond acceptors (Lipinski definition) is 0.